The molecule has 1 aliphatic carbocycles. The second-order valence-corrected chi connectivity index (χ2v) is 7.84. The molecule has 6 nitrogen and oxygen atoms in total. The molecule has 0 radical (unpaired) electrons. The lowest BCUT2D eigenvalue weighted by Gasteiger charge is -2.15. The van der Waals surface area contributed by atoms with Crippen molar-refractivity contribution in [3.63, 3.8) is 0 Å². The number of hydrogen-bond donors (Lipinski definition) is 4. The van der Waals surface area contributed by atoms with Gasteiger partial charge in [-0.3, -0.25) is 4.79 Å². The lowest BCUT2D eigenvalue weighted by Crippen LogP contribution is -2.26. The van der Waals surface area contributed by atoms with E-state index >= 15 is 0 Å². The lowest BCUT2D eigenvalue weighted by atomic mass is 9.95. The van der Waals surface area contributed by atoms with Gasteiger partial charge >= 0.3 is 0 Å². The molecule has 4 N–H and O–H groups in total. The number of carbonyl (C=O) groups excluding carboxylic acids is 1. The van der Waals surface area contributed by atoms with E-state index in [1.54, 1.807) is 0 Å². The fourth-order valence-electron chi connectivity index (χ4n) is 4.11. The molecule has 4 rings (SSSR count). The second kappa shape index (κ2) is 9.32. The Balaban J connectivity index is 1.40. The van der Waals surface area contributed by atoms with Crippen molar-refractivity contribution < 1.29 is 14.6 Å². The number of nitrogens with one attached hydrogen (secondary N) is 3. The van der Waals surface area contributed by atoms with E-state index < -0.39 is 6.10 Å². The van der Waals surface area contributed by atoms with E-state index in [-0.39, 0.29) is 5.91 Å². The summed E-state index contributed by atoms with van der Waals surface area (Å²) in [5.41, 5.74) is 5.31. The molecule has 0 aliphatic heterocycles. The van der Waals surface area contributed by atoms with Crippen molar-refractivity contribution in [2.45, 2.75) is 38.7 Å². The minimum Gasteiger partial charge on any atom is -0.490 e. The first-order valence-corrected chi connectivity index (χ1v) is 10.6. The van der Waals surface area contributed by atoms with Crippen LogP contribution in [-0.2, 0) is 17.6 Å². The zero-order valence-electron chi connectivity index (χ0n) is 17.3. The Morgan fingerprint density at radius 2 is 2.00 bits per heavy atom. The van der Waals surface area contributed by atoms with E-state index in [1.807, 2.05) is 42.5 Å². The van der Waals surface area contributed by atoms with Gasteiger partial charge in [-0.2, -0.15) is 0 Å². The maximum Gasteiger partial charge on any atom is 0.221 e. The summed E-state index contributed by atoms with van der Waals surface area (Å²) in [4.78, 5) is 15.2. The number of benzene rings is 2. The first-order chi connectivity index (χ1) is 14.6. The van der Waals surface area contributed by atoms with E-state index in [1.165, 1.54) is 36.4 Å². The average Bonchev–Trinajstić information content (AvgIpc) is 3.11. The van der Waals surface area contributed by atoms with Gasteiger partial charge in [0.15, 0.2) is 0 Å². The van der Waals surface area contributed by atoms with Crippen LogP contribution in [0.3, 0.4) is 0 Å². The van der Waals surface area contributed by atoms with Crippen LogP contribution in [0.15, 0.2) is 42.5 Å². The minimum atomic E-state index is -0.553. The fourth-order valence-corrected chi connectivity index (χ4v) is 4.11. The van der Waals surface area contributed by atoms with Gasteiger partial charge < -0.3 is 25.5 Å². The van der Waals surface area contributed by atoms with Crippen LogP contribution >= 0.6 is 0 Å². The van der Waals surface area contributed by atoms with Gasteiger partial charge in [0.2, 0.25) is 5.91 Å². The second-order valence-electron chi connectivity index (χ2n) is 7.84. The van der Waals surface area contributed by atoms with Crippen molar-refractivity contribution in [1.29, 1.82) is 0 Å². The molecule has 1 atom stereocenters. The van der Waals surface area contributed by atoms with E-state index in [0.717, 1.165) is 23.9 Å². The summed E-state index contributed by atoms with van der Waals surface area (Å²) in [6.45, 7) is 2.98. The third-order valence-electron chi connectivity index (χ3n) is 5.57. The van der Waals surface area contributed by atoms with Gasteiger partial charge in [-0.05, 0) is 42.9 Å². The van der Waals surface area contributed by atoms with Gasteiger partial charge in [-0.1, -0.05) is 30.3 Å². The van der Waals surface area contributed by atoms with Crippen molar-refractivity contribution in [1.82, 2.24) is 10.3 Å². The first-order valence-electron chi connectivity index (χ1n) is 10.6. The molecule has 6 heteroatoms. The molecule has 1 amide bonds. The van der Waals surface area contributed by atoms with Crippen LogP contribution in [0.1, 0.15) is 42.7 Å². The van der Waals surface area contributed by atoms with Crippen LogP contribution < -0.4 is 15.4 Å². The molecule has 0 spiro atoms. The fraction of sp³-hybridized carbons (Fsp3) is 0.375. The zero-order valence-corrected chi connectivity index (χ0v) is 17.3. The molecule has 1 unspecified atom stereocenters. The van der Waals surface area contributed by atoms with Crippen molar-refractivity contribution >= 4 is 22.5 Å². The van der Waals surface area contributed by atoms with E-state index in [9.17, 15) is 9.90 Å². The number of fused-ring (bicyclic) bond motifs is 3. The molecular weight excluding hydrogens is 378 g/mol. The molecular formula is C24H29N3O3. The summed E-state index contributed by atoms with van der Waals surface area (Å²) in [5.74, 6) is 0.536. The number of ether oxygens (including phenoxy) is 1. The summed E-state index contributed by atoms with van der Waals surface area (Å²) < 4.78 is 5.99. The van der Waals surface area contributed by atoms with Crippen LogP contribution in [0.2, 0.25) is 0 Å². The molecule has 1 aliphatic rings. The lowest BCUT2D eigenvalue weighted by molar-refractivity contribution is -0.114. The molecule has 158 valence electrons. The average molecular weight is 408 g/mol. The number of rotatable bonds is 8. The van der Waals surface area contributed by atoms with Crippen LogP contribution in [-0.4, -0.2) is 35.7 Å². The largest absolute Gasteiger partial charge is 0.490 e. The van der Waals surface area contributed by atoms with Crippen molar-refractivity contribution in [3.05, 3.63) is 59.3 Å². The number of hydrogen-bond acceptors (Lipinski definition) is 4. The number of aryl methyl sites for hydroxylation is 2. The van der Waals surface area contributed by atoms with Crippen molar-refractivity contribution in [3.8, 4) is 5.75 Å². The number of amides is 1. The van der Waals surface area contributed by atoms with Gasteiger partial charge in [0.25, 0.3) is 0 Å². The summed E-state index contributed by atoms with van der Waals surface area (Å²) >= 11 is 0. The van der Waals surface area contributed by atoms with E-state index in [4.69, 9.17) is 4.74 Å². The van der Waals surface area contributed by atoms with Gasteiger partial charge in [-0.15, -0.1) is 0 Å². The number of aromatic nitrogens is 1. The highest BCUT2D eigenvalue weighted by atomic mass is 16.5. The summed E-state index contributed by atoms with van der Waals surface area (Å²) in [5, 5.41) is 17.5. The number of carbonyl (C=O) groups is 1. The number of aliphatic hydroxyl groups excluding tert-OH is 1. The highest BCUT2D eigenvalue weighted by Gasteiger charge is 2.18. The monoisotopic (exact) mass is 407 g/mol. The number of aliphatic hydroxyl groups is 1. The van der Waals surface area contributed by atoms with Crippen LogP contribution in [0.25, 0.3) is 10.9 Å². The quantitative estimate of drug-likeness (QED) is 0.429. The van der Waals surface area contributed by atoms with E-state index in [2.05, 4.69) is 15.6 Å². The van der Waals surface area contributed by atoms with Crippen LogP contribution in [0.4, 0.5) is 5.69 Å². The van der Waals surface area contributed by atoms with E-state index in [0.29, 0.717) is 31.1 Å². The van der Waals surface area contributed by atoms with Gasteiger partial charge in [-0.25, -0.2) is 0 Å². The highest BCUT2D eigenvalue weighted by Crippen LogP contribution is 2.36. The molecule has 1 heterocycles. The van der Waals surface area contributed by atoms with Crippen LogP contribution in [0, 0.1) is 0 Å². The van der Waals surface area contributed by atoms with Gasteiger partial charge in [0, 0.05) is 42.7 Å². The maximum absolute atomic E-state index is 11.7. The van der Waals surface area contributed by atoms with Crippen LogP contribution in [0.5, 0.6) is 5.75 Å². The Hall–Kier alpha value is -2.83. The summed E-state index contributed by atoms with van der Waals surface area (Å²) in [7, 11) is 0. The number of H-pyrrole nitrogens is 1. The topological polar surface area (TPSA) is 86.4 Å². The molecule has 3 aromatic rings. The molecule has 0 saturated heterocycles. The predicted molar refractivity (Wildman–Crippen MR) is 119 cm³/mol. The first kappa shape index (κ1) is 20.4. The van der Waals surface area contributed by atoms with Gasteiger partial charge in [0.1, 0.15) is 12.4 Å². The third kappa shape index (κ3) is 4.66. The number of aromatic amines is 1. The molecule has 0 bridgehead atoms. The third-order valence-corrected chi connectivity index (χ3v) is 5.57. The Bertz CT molecular complexity index is 1010. The van der Waals surface area contributed by atoms with Crippen molar-refractivity contribution in [2.75, 3.05) is 25.0 Å². The zero-order chi connectivity index (χ0) is 20.9. The van der Waals surface area contributed by atoms with Crippen molar-refractivity contribution in [2.24, 2.45) is 0 Å². The predicted octanol–water partition coefficient (Wildman–Crippen LogP) is 3.71. The summed E-state index contributed by atoms with van der Waals surface area (Å²) in [6, 6.07) is 13.6. The number of anilines is 1. The molecule has 1 aromatic heterocycles. The smallest absolute Gasteiger partial charge is 0.221 e. The Morgan fingerprint density at radius 3 is 2.80 bits per heavy atom. The standard InChI is InChI=1S/C24H29N3O3/c1-16(28)26-22-13-19-18-9-5-6-10-20(18)27-21(19)14-24(22)30-12-11-25-15-23(29)17-7-3-2-4-8-17/h2-4,7-8,13-14,23,25,27,29H,5-6,9-12,15H2,1H3,(H,26,28). The maximum atomic E-state index is 11.7. The summed E-state index contributed by atoms with van der Waals surface area (Å²) in [6.07, 6.45) is 4.00. The molecule has 0 saturated carbocycles. The SMILES string of the molecule is CC(=O)Nc1cc2c3c([nH]c2cc1OCCNCC(O)c1ccccc1)CCCC3. The normalized spacial score (nSPS) is 14.3. The molecule has 30 heavy (non-hydrogen) atoms. The van der Waals surface area contributed by atoms with Gasteiger partial charge in [0.05, 0.1) is 11.8 Å². The minimum absolute atomic E-state index is 0.118. The highest BCUT2D eigenvalue weighted by molar-refractivity contribution is 5.96. The Morgan fingerprint density at radius 1 is 1.20 bits per heavy atom. The Kier molecular flexibility index (Phi) is 6.35. The molecule has 2 aromatic carbocycles. The Labute approximate surface area is 176 Å². The molecule has 0 fully saturated rings.